The van der Waals surface area contributed by atoms with Crippen LogP contribution in [0.2, 0.25) is 0 Å². The highest BCUT2D eigenvalue weighted by atomic mass is 32.2. The number of carboxylic acids is 1. The van der Waals surface area contributed by atoms with Crippen molar-refractivity contribution >= 4 is 21.5 Å². The highest BCUT2D eigenvalue weighted by molar-refractivity contribution is 7.93. The van der Waals surface area contributed by atoms with Gasteiger partial charge in [0.05, 0.1) is 11.7 Å². The van der Waals surface area contributed by atoms with Gasteiger partial charge in [-0.15, -0.1) is 0 Å². The lowest BCUT2D eigenvalue weighted by Gasteiger charge is -2.33. The fourth-order valence-corrected chi connectivity index (χ4v) is 4.14. The van der Waals surface area contributed by atoms with E-state index in [4.69, 9.17) is 5.11 Å². The molecule has 18 heavy (non-hydrogen) atoms. The lowest BCUT2D eigenvalue weighted by molar-refractivity contribution is -0.141. The number of hydrogen-bond donors (Lipinski definition) is 1. The summed E-state index contributed by atoms with van der Waals surface area (Å²) < 4.78 is 23.4. The third kappa shape index (κ3) is 2.08. The lowest BCUT2D eigenvalue weighted by atomic mass is 9.99. The Morgan fingerprint density at radius 1 is 1.28 bits per heavy atom. The predicted molar refractivity (Wildman–Crippen MR) is 68.4 cm³/mol. The first-order valence-corrected chi connectivity index (χ1v) is 7.26. The van der Waals surface area contributed by atoms with E-state index in [1.165, 1.54) is 0 Å². The maximum atomic E-state index is 11.7. The van der Waals surface area contributed by atoms with E-state index in [2.05, 4.69) is 0 Å². The maximum Gasteiger partial charge on any atom is 0.309 e. The van der Waals surface area contributed by atoms with Crippen LogP contribution in [0.4, 0.5) is 5.69 Å². The molecule has 0 bridgehead atoms. The van der Waals surface area contributed by atoms with E-state index in [9.17, 15) is 13.2 Å². The summed E-state index contributed by atoms with van der Waals surface area (Å²) in [5.74, 6) is -2.13. The highest BCUT2D eigenvalue weighted by Gasteiger charge is 2.50. The normalized spacial score (nSPS) is 25.2. The van der Waals surface area contributed by atoms with Crippen molar-refractivity contribution in [2.24, 2.45) is 5.92 Å². The van der Waals surface area contributed by atoms with Crippen molar-refractivity contribution in [2.75, 3.05) is 24.7 Å². The standard InChI is InChI=1S/C12H15NO4S/c1-13(2)9-5-3-8(4-6-9)11-10(12(14)15)7-18(11,16)17/h3-6,10-11H,7H2,1-2H3,(H,14,15). The van der Waals surface area contributed by atoms with Gasteiger partial charge in [-0.25, -0.2) is 8.42 Å². The average Bonchev–Trinajstić information content (AvgIpc) is 2.26. The maximum absolute atomic E-state index is 11.7. The molecule has 6 heteroatoms. The minimum absolute atomic E-state index is 0.261. The second-order valence-corrected chi connectivity index (χ2v) is 6.85. The predicted octanol–water partition coefficient (Wildman–Crippen LogP) is 0.923. The lowest BCUT2D eigenvalue weighted by Crippen LogP contribution is -2.44. The SMILES string of the molecule is CN(C)c1ccc(C2C(C(=O)O)CS2(=O)=O)cc1. The number of aliphatic carboxylic acids is 1. The molecule has 2 atom stereocenters. The number of carbonyl (C=O) groups is 1. The van der Waals surface area contributed by atoms with Crippen molar-refractivity contribution in [3.63, 3.8) is 0 Å². The van der Waals surface area contributed by atoms with Gasteiger partial charge in [0, 0.05) is 19.8 Å². The molecule has 0 aliphatic carbocycles. The molecule has 0 amide bonds. The fourth-order valence-electron chi connectivity index (χ4n) is 2.17. The first-order chi connectivity index (χ1) is 8.33. The van der Waals surface area contributed by atoms with Crippen LogP contribution in [0.1, 0.15) is 10.8 Å². The van der Waals surface area contributed by atoms with Crippen LogP contribution in [0.25, 0.3) is 0 Å². The molecular weight excluding hydrogens is 254 g/mol. The van der Waals surface area contributed by atoms with Gasteiger partial charge in [-0.1, -0.05) is 12.1 Å². The monoisotopic (exact) mass is 269 g/mol. The molecule has 0 aromatic heterocycles. The van der Waals surface area contributed by atoms with E-state index in [1.807, 2.05) is 19.0 Å². The molecule has 1 aliphatic heterocycles. The van der Waals surface area contributed by atoms with E-state index in [0.717, 1.165) is 5.69 Å². The highest BCUT2D eigenvalue weighted by Crippen LogP contribution is 2.42. The Balaban J connectivity index is 2.32. The van der Waals surface area contributed by atoms with Gasteiger partial charge < -0.3 is 10.0 Å². The average molecular weight is 269 g/mol. The Morgan fingerprint density at radius 2 is 1.83 bits per heavy atom. The minimum Gasteiger partial charge on any atom is -0.481 e. The van der Waals surface area contributed by atoms with Crippen LogP contribution < -0.4 is 4.90 Å². The summed E-state index contributed by atoms with van der Waals surface area (Å²) in [6.07, 6.45) is 0. The van der Waals surface area contributed by atoms with E-state index in [0.29, 0.717) is 5.56 Å². The molecule has 0 saturated carbocycles. The zero-order chi connectivity index (χ0) is 13.5. The van der Waals surface area contributed by atoms with E-state index < -0.39 is 27.0 Å². The molecule has 1 fully saturated rings. The molecule has 1 heterocycles. The second kappa shape index (κ2) is 4.28. The van der Waals surface area contributed by atoms with Gasteiger partial charge in [-0.3, -0.25) is 4.79 Å². The van der Waals surface area contributed by atoms with Crippen LogP contribution in [0, 0.1) is 5.92 Å². The molecule has 98 valence electrons. The van der Waals surface area contributed by atoms with E-state index >= 15 is 0 Å². The zero-order valence-corrected chi connectivity index (χ0v) is 11.0. The molecule has 2 rings (SSSR count). The van der Waals surface area contributed by atoms with Crippen molar-refractivity contribution in [3.8, 4) is 0 Å². The van der Waals surface area contributed by atoms with Gasteiger partial charge in [0.2, 0.25) is 0 Å². The Kier molecular flexibility index (Phi) is 3.06. The summed E-state index contributed by atoms with van der Waals surface area (Å²) >= 11 is 0. The summed E-state index contributed by atoms with van der Waals surface area (Å²) in [5, 5.41) is 8.07. The van der Waals surface area contributed by atoms with E-state index in [-0.39, 0.29) is 5.75 Å². The molecule has 0 radical (unpaired) electrons. The molecule has 2 unspecified atom stereocenters. The molecule has 5 nitrogen and oxygen atoms in total. The van der Waals surface area contributed by atoms with Crippen LogP contribution in [0.3, 0.4) is 0 Å². The number of nitrogens with zero attached hydrogens (tertiary/aromatic N) is 1. The number of hydrogen-bond acceptors (Lipinski definition) is 4. The number of sulfone groups is 1. The number of rotatable bonds is 3. The van der Waals surface area contributed by atoms with Crippen LogP contribution in [0.15, 0.2) is 24.3 Å². The van der Waals surface area contributed by atoms with Crippen molar-refractivity contribution in [1.29, 1.82) is 0 Å². The Hall–Kier alpha value is -1.56. The Bertz CT molecular complexity index is 562. The first kappa shape index (κ1) is 12.9. The van der Waals surface area contributed by atoms with Crippen molar-refractivity contribution in [3.05, 3.63) is 29.8 Å². The largest absolute Gasteiger partial charge is 0.481 e. The zero-order valence-electron chi connectivity index (χ0n) is 10.2. The summed E-state index contributed by atoms with van der Waals surface area (Å²) in [6.45, 7) is 0. The van der Waals surface area contributed by atoms with Gasteiger partial charge in [0.25, 0.3) is 0 Å². The van der Waals surface area contributed by atoms with Crippen molar-refractivity contribution < 1.29 is 18.3 Å². The quantitative estimate of drug-likeness (QED) is 0.883. The first-order valence-electron chi connectivity index (χ1n) is 5.54. The van der Waals surface area contributed by atoms with Crippen LogP contribution in [0.5, 0.6) is 0 Å². The number of anilines is 1. The molecule has 1 aromatic rings. The van der Waals surface area contributed by atoms with Gasteiger partial charge >= 0.3 is 5.97 Å². The summed E-state index contributed by atoms with van der Waals surface area (Å²) in [5.41, 5.74) is 1.50. The minimum atomic E-state index is -3.30. The number of carboxylic acid groups (broad SMARTS) is 1. The topological polar surface area (TPSA) is 74.7 Å². The van der Waals surface area contributed by atoms with Gasteiger partial charge in [-0.2, -0.15) is 0 Å². The third-order valence-electron chi connectivity index (χ3n) is 3.22. The number of benzene rings is 1. The summed E-state index contributed by atoms with van der Waals surface area (Å²) in [7, 11) is 0.471. The Morgan fingerprint density at radius 3 is 2.22 bits per heavy atom. The summed E-state index contributed by atoms with van der Waals surface area (Å²) in [4.78, 5) is 12.9. The van der Waals surface area contributed by atoms with Gasteiger partial charge in [0.15, 0.2) is 9.84 Å². The molecule has 1 aromatic carbocycles. The van der Waals surface area contributed by atoms with Crippen molar-refractivity contribution in [1.82, 2.24) is 0 Å². The van der Waals surface area contributed by atoms with E-state index in [1.54, 1.807) is 24.3 Å². The third-order valence-corrected chi connectivity index (χ3v) is 5.42. The van der Waals surface area contributed by atoms with Crippen LogP contribution in [-0.2, 0) is 14.6 Å². The van der Waals surface area contributed by atoms with Crippen molar-refractivity contribution in [2.45, 2.75) is 5.25 Å². The molecule has 1 N–H and O–H groups in total. The second-order valence-electron chi connectivity index (χ2n) is 4.68. The smallest absolute Gasteiger partial charge is 0.309 e. The van der Waals surface area contributed by atoms with Crippen LogP contribution >= 0.6 is 0 Å². The van der Waals surface area contributed by atoms with Gasteiger partial charge in [0.1, 0.15) is 5.25 Å². The summed E-state index contributed by atoms with van der Waals surface area (Å²) in [6, 6.07) is 6.96. The molecular formula is C12H15NO4S. The van der Waals surface area contributed by atoms with Gasteiger partial charge in [-0.05, 0) is 17.7 Å². The molecule has 1 aliphatic rings. The fraction of sp³-hybridized carbons (Fsp3) is 0.417. The van der Waals surface area contributed by atoms with Crippen LogP contribution in [-0.4, -0.2) is 39.3 Å². The Labute approximate surface area is 106 Å². The molecule has 0 spiro atoms. The molecule has 1 saturated heterocycles.